The largest absolute Gasteiger partial charge is 0.494 e. The van der Waals surface area contributed by atoms with Gasteiger partial charge in [-0.3, -0.25) is 19.2 Å². The number of halogens is 1. The van der Waals surface area contributed by atoms with E-state index in [1.165, 1.54) is 11.1 Å². The van der Waals surface area contributed by atoms with Crippen LogP contribution in [0.2, 0.25) is 5.02 Å². The van der Waals surface area contributed by atoms with E-state index in [9.17, 15) is 28.8 Å². The van der Waals surface area contributed by atoms with E-state index in [0.29, 0.717) is 72.7 Å². The van der Waals surface area contributed by atoms with Crippen molar-refractivity contribution < 1.29 is 47.8 Å². The van der Waals surface area contributed by atoms with Crippen LogP contribution >= 0.6 is 30.1 Å². The number of benzene rings is 3. The van der Waals surface area contributed by atoms with Gasteiger partial charge in [0.15, 0.2) is 5.82 Å². The molecule has 2 saturated heterocycles. The number of methoxy groups -OCH3 is 1. The van der Waals surface area contributed by atoms with Gasteiger partial charge in [0, 0.05) is 69.2 Å². The normalized spacial score (nSPS) is 16.2. The first-order valence-electron chi connectivity index (χ1n) is 26.0. The molecule has 3 aromatic carbocycles. The predicted octanol–water partition coefficient (Wildman–Crippen LogP) is 6.59. The molecule has 0 bridgehead atoms. The van der Waals surface area contributed by atoms with Crippen molar-refractivity contribution in [3.05, 3.63) is 94.7 Å². The zero-order valence-corrected chi connectivity index (χ0v) is 47.8. The van der Waals surface area contributed by atoms with Gasteiger partial charge in [-0.15, -0.1) is 11.3 Å². The average molecular weight is 1130 g/mol. The Labute approximate surface area is 465 Å². The number of anilines is 5. The molecule has 2 aliphatic heterocycles. The Bertz CT molecular complexity index is 2890. The predicted molar refractivity (Wildman–Crippen MR) is 304 cm³/mol. The molecule has 78 heavy (non-hydrogen) atoms. The zero-order valence-electron chi connectivity index (χ0n) is 45.4. The van der Waals surface area contributed by atoms with Crippen LogP contribution < -0.4 is 36.2 Å². The highest BCUT2D eigenvalue weighted by Gasteiger charge is 2.44. The van der Waals surface area contributed by atoms with Crippen LogP contribution in [0.4, 0.5) is 28.8 Å². The number of aliphatic hydroxyl groups is 1. The summed E-state index contributed by atoms with van der Waals surface area (Å²) in [6, 6.07) is 19.2. The molecule has 5 aromatic rings. The summed E-state index contributed by atoms with van der Waals surface area (Å²) in [6.07, 6.45) is 0.960. The number of thiazole rings is 1. The molecule has 20 nitrogen and oxygen atoms in total. The second-order valence-corrected chi connectivity index (χ2v) is 25.0. The van der Waals surface area contributed by atoms with Crippen molar-refractivity contribution in [2.75, 3.05) is 108 Å². The lowest BCUT2D eigenvalue weighted by atomic mass is 9.85. The number of rotatable bonds is 25. The second-order valence-electron chi connectivity index (χ2n) is 20.5. The number of amides is 4. The van der Waals surface area contributed by atoms with E-state index in [0.717, 1.165) is 27.4 Å². The molecule has 23 heteroatoms. The first-order chi connectivity index (χ1) is 37.3. The van der Waals surface area contributed by atoms with Crippen molar-refractivity contribution in [2.45, 2.75) is 71.7 Å². The third-order valence-electron chi connectivity index (χ3n) is 13.3. The van der Waals surface area contributed by atoms with Crippen molar-refractivity contribution in [2.24, 2.45) is 5.41 Å². The molecule has 0 saturated carbocycles. The van der Waals surface area contributed by atoms with E-state index in [2.05, 4.69) is 41.1 Å². The number of aryl methyl sites for hydroxylation is 1. The fourth-order valence-electron chi connectivity index (χ4n) is 9.04. The highest BCUT2D eigenvalue weighted by Crippen LogP contribution is 2.39. The van der Waals surface area contributed by atoms with Crippen molar-refractivity contribution in [1.82, 2.24) is 35.4 Å². The smallest absolute Gasteiger partial charge is 0.246 e. The first-order valence-corrected chi connectivity index (χ1v) is 29.8. The molecular formula is C55H72ClN10O10PS. The summed E-state index contributed by atoms with van der Waals surface area (Å²) in [4.78, 5) is 73.3. The zero-order chi connectivity index (χ0) is 56.0. The molecule has 4 amide bonds. The summed E-state index contributed by atoms with van der Waals surface area (Å²) in [6.45, 7) is 15.0. The van der Waals surface area contributed by atoms with Gasteiger partial charge in [-0.05, 0) is 61.1 Å². The number of carbonyl (C=O) groups excluding carboxylic acids is 4. The molecule has 0 radical (unpaired) electrons. The van der Waals surface area contributed by atoms with Gasteiger partial charge in [-0.2, -0.15) is 4.98 Å². The summed E-state index contributed by atoms with van der Waals surface area (Å²) in [7, 11) is -0.993. The summed E-state index contributed by atoms with van der Waals surface area (Å²) in [5.41, 5.74) is 6.25. The topological polar surface area (TPSA) is 239 Å². The van der Waals surface area contributed by atoms with Gasteiger partial charge in [-0.1, -0.05) is 68.8 Å². The lowest BCUT2D eigenvalue weighted by molar-refractivity contribution is -0.144. The molecule has 0 unspecified atom stereocenters. The summed E-state index contributed by atoms with van der Waals surface area (Å²) >= 11 is 8.03. The Balaban J connectivity index is 0.747. The van der Waals surface area contributed by atoms with Crippen molar-refractivity contribution in [1.29, 1.82) is 0 Å². The Morgan fingerprint density at radius 1 is 0.872 bits per heavy atom. The number of aromatic nitrogens is 3. The third kappa shape index (κ3) is 16.4. The second kappa shape index (κ2) is 27.6. The Morgan fingerprint density at radius 2 is 1.55 bits per heavy atom. The lowest BCUT2D eigenvalue weighted by Crippen LogP contribution is -2.57. The maximum Gasteiger partial charge on any atom is 0.246 e. The maximum absolute atomic E-state index is 14.0. The van der Waals surface area contributed by atoms with E-state index in [4.69, 9.17) is 30.5 Å². The van der Waals surface area contributed by atoms with Crippen LogP contribution in [0.25, 0.3) is 10.4 Å². The summed E-state index contributed by atoms with van der Waals surface area (Å²) in [5.74, 6) is 0.0499. The highest BCUT2D eigenvalue weighted by atomic mass is 35.5. The van der Waals surface area contributed by atoms with E-state index < -0.39 is 36.7 Å². The van der Waals surface area contributed by atoms with E-state index in [1.807, 2.05) is 105 Å². The van der Waals surface area contributed by atoms with Crippen molar-refractivity contribution in [3.8, 4) is 16.2 Å². The van der Waals surface area contributed by atoms with Gasteiger partial charge >= 0.3 is 0 Å². The number of β-amino-alcohol motifs (C(OH)–C–C–N with tert-alkyl or cyclic N) is 1. The molecule has 420 valence electrons. The first kappa shape index (κ1) is 59.5. The highest BCUT2D eigenvalue weighted by molar-refractivity contribution is 7.70. The minimum absolute atomic E-state index is 0.00451. The monoisotopic (exact) mass is 1130 g/mol. The molecule has 0 spiro atoms. The average Bonchev–Trinajstić information content (AvgIpc) is 4.04. The molecule has 2 aromatic heterocycles. The lowest BCUT2D eigenvalue weighted by Gasteiger charge is -2.36. The van der Waals surface area contributed by atoms with Crippen LogP contribution in [0.3, 0.4) is 0 Å². The van der Waals surface area contributed by atoms with Crippen LogP contribution in [-0.4, -0.2) is 164 Å². The minimum Gasteiger partial charge on any atom is -0.494 e. The van der Waals surface area contributed by atoms with Crippen LogP contribution in [-0.2, 0) is 44.5 Å². The summed E-state index contributed by atoms with van der Waals surface area (Å²) < 4.78 is 35.6. The number of piperazine rings is 1. The van der Waals surface area contributed by atoms with Gasteiger partial charge in [0.05, 0.1) is 92.9 Å². The number of para-hydroxylation sites is 1. The molecule has 2 aliphatic rings. The maximum atomic E-state index is 14.0. The van der Waals surface area contributed by atoms with E-state index in [1.54, 1.807) is 31.8 Å². The molecule has 7 rings (SSSR count). The third-order valence-corrected chi connectivity index (χ3v) is 16.1. The minimum atomic E-state index is -2.58. The van der Waals surface area contributed by atoms with Gasteiger partial charge in [0.1, 0.15) is 30.0 Å². The molecule has 5 N–H and O–H groups in total. The number of nitrogens with one attached hydrogen (secondary N) is 4. The number of ether oxygens (including phenoxy) is 4. The number of carbonyl (C=O) groups is 4. The molecule has 3 atom stereocenters. The Kier molecular flexibility index (Phi) is 21.0. The van der Waals surface area contributed by atoms with Crippen LogP contribution in [0.1, 0.15) is 51.3 Å². The summed E-state index contributed by atoms with van der Waals surface area (Å²) in [5, 5.41) is 23.8. The van der Waals surface area contributed by atoms with Crippen LogP contribution in [0.15, 0.2) is 78.4 Å². The van der Waals surface area contributed by atoms with Crippen LogP contribution in [0.5, 0.6) is 5.75 Å². The fraction of sp³-hybridized carbons (Fsp3) is 0.473. The van der Waals surface area contributed by atoms with Gasteiger partial charge in [0.25, 0.3) is 0 Å². The Hall–Kier alpha value is -6.19. The fourth-order valence-corrected chi connectivity index (χ4v) is 11.1. The molecule has 2 fully saturated rings. The standard InChI is InChI=1S/C55H72ClN10O10PS/c1-36-49(78-35-59-36)38-14-12-37(13-15-38)32-57-52(70)44-31-40(67)34-66(44)53(71)50(55(2,3)4)62-47(68)18-24-74-26-28-76-29-27-75-25-19-48(69)65-22-20-64(21-23-65)39-16-17-42(45(30-39)73-5)61-54-58-33-41(56)51(63-54)60-43-10-8-9-11-46(43)77(6,7)72/h8-17,30,33,35,40,44,50,67H,18-29,31-32,34H2,1-7H3,(H,57,70)(H,62,68)(H2,58,60,61,63)/t40-,44+,50-/m1/s1. The number of likely N-dealkylation sites (tertiary alicyclic amines) is 1. The Morgan fingerprint density at radius 3 is 2.21 bits per heavy atom. The van der Waals surface area contributed by atoms with Gasteiger partial charge < -0.3 is 64.6 Å². The van der Waals surface area contributed by atoms with Crippen molar-refractivity contribution >= 4 is 87.8 Å². The molecule has 4 heterocycles. The molecule has 0 aliphatic carbocycles. The number of hydrogen-bond donors (Lipinski definition) is 5. The number of nitrogens with zero attached hydrogens (tertiary/aromatic N) is 6. The van der Waals surface area contributed by atoms with Crippen molar-refractivity contribution in [3.63, 3.8) is 0 Å². The van der Waals surface area contributed by atoms with E-state index in [-0.39, 0.29) is 82.4 Å². The number of hydrogen-bond acceptors (Lipinski definition) is 17. The quantitative estimate of drug-likeness (QED) is 0.0306. The van der Waals surface area contributed by atoms with Crippen LogP contribution in [0, 0.1) is 12.3 Å². The SMILES string of the molecule is COc1cc(N2CCN(C(=O)CCOCCOCCOCCC(=O)N[C@H](C(=O)N3C[C@H](O)C[C@H]3C(=O)NCc3ccc(-c4scnc4C)cc3)C(C)(C)C)CC2)ccc1Nc1ncc(Cl)c(Nc2ccccc2P(C)(C)=O)n1. The van der Waals surface area contributed by atoms with Gasteiger partial charge in [-0.25, -0.2) is 9.97 Å². The number of aliphatic hydroxyl groups excluding tert-OH is 1. The van der Waals surface area contributed by atoms with Gasteiger partial charge in [0.2, 0.25) is 29.6 Å². The van der Waals surface area contributed by atoms with E-state index >= 15 is 0 Å². The molecular weight excluding hydrogens is 1060 g/mol.